The molecule has 1 aromatic rings. The molecule has 9 heteroatoms. The average molecular weight is 328 g/mol. The Morgan fingerprint density at radius 1 is 1.27 bits per heavy atom. The maximum absolute atomic E-state index is 12.6. The van der Waals surface area contributed by atoms with Crippen LogP contribution in [0.25, 0.3) is 0 Å². The first-order valence-electron chi connectivity index (χ1n) is 7.25. The molecule has 22 heavy (non-hydrogen) atoms. The summed E-state index contributed by atoms with van der Waals surface area (Å²) in [5.41, 5.74) is -0.555. The smallest absolute Gasteiger partial charge is 0.410 e. The molecular weight excluding hydrogens is 308 g/mol. The van der Waals surface area contributed by atoms with Crippen LogP contribution in [-0.2, 0) is 21.8 Å². The third-order valence-corrected chi connectivity index (χ3v) is 6.07. The molecule has 0 bridgehead atoms. The quantitative estimate of drug-likeness (QED) is 0.785. The lowest BCUT2D eigenvalue weighted by Crippen LogP contribution is -2.36. The van der Waals surface area contributed by atoms with Crippen molar-refractivity contribution in [3.63, 3.8) is 0 Å². The van der Waals surface area contributed by atoms with Crippen molar-refractivity contribution in [1.29, 1.82) is 0 Å². The zero-order valence-electron chi connectivity index (χ0n) is 12.7. The number of hydrogen-bond donors (Lipinski definition) is 0. The van der Waals surface area contributed by atoms with Gasteiger partial charge in [-0.2, -0.15) is 4.31 Å². The van der Waals surface area contributed by atoms with E-state index in [1.165, 1.54) is 16.8 Å². The van der Waals surface area contributed by atoms with Crippen LogP contribution >= 0.6 is 0 Å². The Balaban J connectivity index is 1.77. The lowest BCUT2D eigenvalue weighted by Gasteiger charge is -2.25. The lowest BCUT2D eigenvalue weighted by atomic mass is 9.95. The number of hydrogen-bond acceptors (Lipinski definition) is 5. The van der Waals surface area contributed by atoms with Crippen molar-refractivity contribution in [2.24, 2.45) is 7.05 Å². The topological polar surface area (TPSA) is 84.7 Å². The molecule has 0 aliphatic carbocycles. The third-order valence-electron chi connectivity index (χ3n) is 4.28. The summed E-state index contributed by atoms with van der Waals surface area (Å²) in [5, 5.41) is 0.0616. The molecule has 0 saturated carbocycles. The summed E-state index contributed by atoms with van der Waals surface area (Å²) >= 11 is 0. The second kappa shape index (κ2) is 5.24. The summed E-state index contributed by atoms with van der Waals surface area (Å²) in [6.07, 6.45) is 4.49. The minimum atomic E-state index is -3.59. The van der Waals surface area contributed by atoms with Crippen LogP contribution in [-0.4, -0.2) is 65.6 Å². The lowest BCUT2D eigenvalue weighted by molar-refractivity contribution is 0.0460. The zero-order chi connectivity index (χ0) is 16.0. The van der Waals surface area contributed by atoms with Crippen LogP contribution in [0.15, 0.2) is 17.6 Å². The second-order valence-corrected chi connectivity index (χ2v) is 7.93. The minimum Gasteiger partial charge on any atom is -0.441 e. The van der Waals surface area contributed by atoms with E-state index in [4.69, 9.17) is 4.74 Å². The van der Waals surface area contributed by atoms with Gasteiger partial charge in [0.15, 0.2) is 5.03 Å². The van der Waals surface area contributed by atoms with E-state index in [2.05, 4.69) is 4.98 Å². The van der Waals surface area contributed by atoms with Gasteiger partial charge in [0.25, 0.3) is 10.0 Å². The molecule has 1 amide bonds. The monoisotopic (exact) mass is 328 g/mol. The number of nitrogens with zero attached hydrogens (tertiary/aromatic N) is 4. The summed E-state index contributed by atoms with van der Waals surface area (Å²) in [7, 11) is -0.158. The third kappa shape index (κ3) is 2.58. The molecule has 3 rings (SSSR count). The van der Waals surface area contributed by atoms with Gasteiger partial charge >= 0.3 is 6.09 Å². The molecule has 122 valence electrons. The molecule has 0 aromatic carbocycles. The van der Waals surface area contributed by atoms with E-state index >= 15 is 0 Å². The zero-order valence-corrected chi connectivity index (χ0v) is 13.5. The van der Waals surface area contributed by atoms with Gasteiger partial charge in [0.05, 0.1) is 12.9 Å². The van der Waals surface area contributed by atoms with E-state index in [-0.39, 0.29) is 11.1 Å². The maximum Gasteiger partial charge on any atom is 0.410 e. The van der Waals surface area contributed by atoms with Crippen molar-refractivity contribution < 1.29 is 17.9 Å². The van der Waals surface area contributed by atoms with Crippen LogP contribution in [0.2, 0.25) is 0 Å². The number of aryl methyl sites for hydroxylation is 1. The summed E-state index contributed by atoms with van der Waals surface area (Å²) in [6, 6.07) is 0. The number of aromatic nitrogens is 2. The van der Waals surface area contributed by atoms with Crippen molar-refractivity contribution in [1.82, 2.24) is 18.8 Å². The van der Waals surface area contributed by atoms with Gasteiger partial charge < -0.3 is 14.2 Å². The number of imidazole rings is 1. The highest BCUT2D eigenvalue weighted by molar-refractivity contribution is 7.89. The molecule has 1 aromatic heterocycles. The average Bonchev–Trinajstić information content (AvgIpc) is 2.91. The Labute approximate surface area is 129 Å². The highest BCUT2D eigenvalue weighted by Crippen LogP contribution is 2.33. The molecular formula is C13H20N4O4S. The molecule has 1 spiro atoms. The minimum absolute atomic E-state index is 0.0616. The van der Waals surface area contributed by atoms with Crippen molar-refractivity contribution in [2.75, 3.05) is 26.7 Å². The second-order valence-electron chi connectivity index (χ2n) is 6.04. The largest absolute Gasteiger partial charge is 0.441 e. The van der Waals surface area contributed by atoms with E-state index in [1.54, 1.807) is 23.6 Å². The van der Waals surface area contributed by atoms with E-state index in [9.17, 15) is 13.2 Å². The Kier molecular flexibility index (Phi) is 3.64. The number of sulfonamides is 1. The molecule has 2 saturated heterocycles. The number of amides is 1. The van der Waals surface area contributed by atoms with Gasteiger partial charge in [-0.25, -0.2) is 18.2 Å². The SMILES string of the molecule is CN1C[C@]2(CCCN(S(=O)(=O)c3cn(C)cn3)CC2)OC1=O. The number of rotatable bonds is 2. The van der Waals surface area contributed by atoms with Crippen molar-refractivity contribution in [3.8, 4) is 0 Å². The first kappa shape index (κ1) is 15.3. The number of ether oxygens (including phenoxy) is 1. The molecule has 3 heterocycles. The maximum atomic E-state index is 12.6. The van der Waals surface area contributed by atoms with Crippen LogP contribution in [0.1, 0.15) is 19.3 Å². The van der Waals surface area contributed by atoms with Gasteiger partial charge in [0.1, 0.15) is 5.60 Å². The molecule has 2 fully saturated rings. The van der Waals surface area contributed by atoms with Crippen LogP contribution < -0.4 is 0 Å². The first-order valence-corrected chi connectivity index (χ1v) is 8.69. The van der Waals surface area contributed by atoms with Crippen LogP contribution in [0, 0.1) is 0 Å². The summed E-state index contributed by atoms with van der Waals surface area (Å²) in [5.74, 6) is 0. The highest BCUT2D eigenvalue weighted by atomic mass is 32.2. The Bertz CT molecular complexity index is 686. The summed E-state index contributed by atoms with van der Waals surface area (Å²) in [4.78, 5) is 17.1. The van der Waals surface area contributed by atoms with Gasteiger partial charge in [-0.1, -0.05) is 0 Å². The van der Waals surface area contributed by atoms with Gasteiger partial charge in [-0.05, 0) is 12.8 Å². The molecule has 0 radical (unpaired) electrons. The van der Waals surface area contributed by atoms with Crippen molar-refractivity contribution in [3.05, 3.63) is 12.5 Å². The van der Waals surface area contributed by atoms with E-state index in [1.807, 2.05) is 0 Å². The molecule has 1 atom stereocenters. The van der Waals surface area contributed by atoms with Crippen LogP contribution in [0.3, 0.4) is 0 Å². The molecule has 2 aliphatic rings. The molecule has 8 nitrogen and oxygen atoms in total. The van der Waals surface area contributed by atoms with E-state index < -0.39 is 15.6 Å². The van der Waals surface area contributed by atoms with Crippen molar-refractivity contribution in [2.45, 2.75) is 29.9 Å². The molecule has 2 aliphatic heterocycles. The predicted molar refractivity (Wildman–Crippen MR) is 77.7 cm³/mol. The number of carbonyl (C=O) groups is 1. The van der Waals surface area contributed by atoms with Crippen LogP contribution in [0.5, 0.6) is 0 Å². The first-order chi connectivity index (χ1) is 10.3. The predicted octanol–water partition coefficient (Wildman–Crippen LogP) is 0.415. The number of carbonyl (C=O) groups excluding carboxylic acids is 1. The fourth-order valence-corrected chi connectivity index (χ4v) is 4.54. The molecule has 0 N–H and O–H groups in total. The van der Waals surface area contributed by atoms with Gasteiger partial charge in [-0.3, -0.25) is 0 Å². The fourth-order valence-electron chi connectivity index (χ4n) is 3.09. The Morgan fingerprint density at radius 3 is 2.64 bits per heavy atom. The summed E-state index contributed by atoms with van der Waals surface area (Å²) in [6.45, 7) is 1.27. The Morgan fingerprint density at radius 2 is 2.05 bits per heavy atom. The normalized spacial score (nSPS) is 27.2. The van der Waals surface area contributed by atoms with Crippen LogP contribution in [0.4, 0.5) is 4.79 Å². The Hall–Kier alpha value is -1.61. The highest BCUT2D eigenvalue weighted by Gasteiger charge is 2.45. The van der Waals surface area contributed by atoms with E-state index in [0.717, 1.165) is 0 Å². The van der Waals surface area contributed by atoms with Crippen molar-refractivity contribution >= 4 is 16.1 Å². The van der Waals surface area contributed by atoms with Gasteiger partial charge in [-0.15, -0.1) is 0 Å². The summed E-state index contributed by atoms with van der Waals surface area (Å²) < 4.78 is 33.8. The van der Waals surface area contributed by atoms with E-state index in [0.29, 0.717) is 38.9 Å². The van der Waals surface area contributed by atoms with Gasteiger partial charge in [0.2, 0.25) is 0 Å². The number of likely N-dealkylation sites (N-methyl/N-ethyl adjacent to an activating group) is 1. The van der Waals surface area contributed by atoms with Gasteiger partial charge in [0, 0.05) is 39.8 Å². The molecule has 0 unspecified atom stereocenters. The fraction of sp³-hybridized carbons (Fsp3) is 0.692. The standard InChI is InChI=1S/C13H20N4O4S/c1-15-8-11(14-10-15)22(19,20)17-6-3-4-13(5-7-17)9-16(2)12(18)21-13/h8,10H,3-7,9H2,1-2H3/t13-/m1/s1.